The molecule has 0 fully saturated rings. The van der Waals surface area contributed by atoms with Crippen molar-refractivity contribution in [3.63, 3.8) is 0 Å². The summed E-state index contributed by atoms with van der Waals surface area (Å²) < 4.78 is 6.26. The molecule has 0 saturated carbocycles. The molecule has 0 N–H and O–H groups in total. The summed E-state index contributed by atoms with van der Waals surface area (Å²) in [5.74, 6) is 0. The van der Waals surface area contributed by atoms with Crippen molar-refractivity contribution in [2.75, 3.05) is 0 Å². The molecule has 1 aliphatic carbocycles. The minimum absolute atomic E-state index is 0.968. The number of benzene rings is 4. The molecule has 5 aromatic rings. The Morgan fingerprint density at radius 2 is 1.46 bits per heavy atom. The van der Waals surface area contributed by atoms with Crippen molar-refractivity contribution in [3.8, 4) is 11.1 Å². The fourth-order valence-electron chi connectivity index (χ4n) is 4.14. The Labute approximate surface area is 139 Å². The molecule has 0 radical (unpaired) electrons. The Morgan fingerprint density at radius 3 is 2.38 bits per heavy atom. The Morgan fingerprint density at radius 1 is 0.667 bits per heavy atom. The zero-order valence-corrected chi connectivity index (χ0v) is 13.0. The molecule has 1 heterocycles. The van der Waals surface area contributed by atoms with Gasteiger partial charge in [-0.1, -0.05) is 60.7 Å². The minimum Gasteiger partial charge on any atom is -0.455 e. The van der Waals surface area contributed by atoms with Gasteiger partial charge in [0.25, 0.3) is 0 Å². The average molecular weight is 306 g/mol. The van der Waals surface area contributed by atoms with Crippen molar-refractivity contribution in [1.29, 1.82) is 0 Å². The largest absolute Gasteiger partial charge is 0.455 e. The first-order valence-electron chi connectivity index (χ1n) is 8.34. The van der Waals surface area contributed by atoms with Crippen LogP contribution in [-0.4, -0.2) is 0 Å². The third-order valence-corrected chi connectivity index (χ3v) is 5.26. The van der Waals surface area contributed by atoms with Crippen LogP contribution in [0.3, 0.4) is 0 Å². The van der Waals surface area contributed by atoms with E-state index < -0.39 is 0 Å². The fraction of sp³-hybridized carbons (Fsp3) is 0.0435. The van der Waals surface area contributed by atoms with E-state index in [1.54, 1.807) is 0 Å². The van der Waals surface area contributed by atoms with Crippen molar-refractivity contribution in [3.05, 3.63) is 83.9 Å². The average Bonchev–Trinajstić information content (AvgIpc) is 3.17. The molecule has 0 amide bonds. The highest BCUT2D eigenvalue weighted by Gasteiger charge is 2.24. The lowest BCUT2D eigenvalue weighted by Crippen LogP contribution is -1.81. The summed E-state index contributed by atoms with van der Waals surface area (Å²) in [7, 11) is 0. The molecule has 1 aromatic heterocycles. The van der Waals surface area contributed by atoms with Crippen molar-refractivity contribution in [1.82, 2.24) is 0 Å². The van der Waals surface area contributed by atoms with E-state index >= 15 is 0 Å². The zero-order valence-electron chi connectivity index (χ0n) is 13.0. The van der Waals surface area contributed by atoms with E-state index in [-0.39, 0.29) is 0 Å². The molecular formula is C23H14O. The molecule has 0 bridgehead atoms. The van der Waals surface area contributed by atoms with E-state index in [0.717, 1.165) is 17.6 Å². The zero-order chi connectivity index (χ0) is 15.7. The van der Waals surface area contributed by atoms with Gasteiger partial charge < -0.3 is 4.42 Å². The third-order valence-electron chi connectivity index (χ3n) is 5.26. The third kappa shape index (κ3) is 1.49. The van der Waals surface area contributed by atoms with Gasteiger partial charge in [0.15, 0.2) is 0 Å². The van der Waals surface area contributed by atoms with Gasteiger partial charge in [-0.05, 0) is 46.0 Å². The minimum atomic E-state index is 0.968. The second-order valence-corrected chi connectivity index (χ2v) is 6.61. The van der Waals surface area contributed by atoms with Crippen LogP contribution in [0, 0.1) is 0 Å². The Hall–Kier alpha value is -3.06. The predicted molar refractivity (Wildman–Crippen MR) is 99.5 cm³/mol. The molecule has 24 heavy (non-hydrogen) atoms. The number of rotatable bonds is 0. The van der Waals surface area contributed by atoms with E-state index in [2.05, 4.69) is 66.7 Å². The van der Waals surface area contributed by atoms with Gasteiger partial charge in [-0.3, -0.25) is 0 Å². The highest BCUT2D eigenvalue weighted by molar-refractivity contribution is 6.11. The number of hydrogen-bond donors (Lipinski definition) is 0. The van der Waals surface area contributed by atoms with E-state index in [9.17, 15) is 0 Å². The first kappa shape index (κ1) is 12.4. The maximum atomic E-state index is 6.26. The quantitative estimate of drug-likeness (QED) is 0.320. The van der Waals surface area contributed by atoms with Gasteiger partial charge in [0, 0.05) is 16.3 Å². The van der Waals surface area contributed by atoms with E-state index in [1.165, 1.54) is 43.8 Å². The second kappa shape index (κ2) is 4.27. The van der Waals surface area contributed by atoms with Crippen LogP contribution in [-0.2, 0) is 6.42 Å². The number of fused-ring (bicyclic) bond motifs is 8. The van der Waals surface area contributed by atoms with Gasteiger partial charge in [0.2, 0.25) is 0 Å². The maximum absolute atomic E-state index is 6.26. The lowest BCUT2D eigenvalue weighted by atomic mass is 9.99. The Balaban J connectivity index is 1.76. The fourth-order valence-corrected chi connectivity index (χ4v) is 4.14. The SMILES string of the molecule is c1ccc2cc3c(cc2c1)Cc1ccc2c(oc4ccccc42)c1-3. The van der Waals surface area contributed by atoms with Crippen molar-refractivity contribution < 1.29 is 4.42 Å². The molecule has 1 heteroatoms. The van der Waals surface area contributed by atoms with Crippen molar-refractivity contribution in [2.24, 2.45) is 0 Å². The summed E-state index contributed by atoms with van der Waals surface area (Å²) in [5, 5.41) is 5.01. The molecule has 0 spiro atoms. The van der Waals surface area contributed by atoms with E-state index in [1.807, 2.05) is 6.07 Å². The lowest BCUT2D eigenvalue weighted by Gasteiger charge is -2.05. The molecule has 0 unspecified atom stereocenters. The van der Waals surface area contributed by atoms with Crippen molar-refractivity contribution in [2.45, 2.75) is 6.42 Å². The van der Waals surface area contributed by atoms with Gasteiger partial charge in [0.1, 0.15) is 11.2 Å². The molecule has 4 aromatic carbocycles. The number of para-hydroxylation sites is 1. The summed E-state index contributed by atoms with van der Waals surface area (Å²) in [6.07, 6.45) is 0.989. The summed E-state index contributed by atoms with van der Waals surface area (Å²) >= 11 is 0. The lowest BCUT2D eigenvalue weighted by molar-refractivity contribution is 0.670. The first-order valence-corrected chi connectivity index (χ1v) is 8.34. The second-order valence-electron chi connectivity index (χ2n) is 6.61. The molecular weight excluding hydrogens is 292 g/mol. The van der Waals surface area contributed by atoms with E-state index in [4.69, 9.17) is 4.42 Å². The molecule has 1 aliphatic rings. The van der Waals surface area contributed by atoms with Gasteiger partial charge in [-0.15, -0.1) is 0 Å². The van der Waals surface area contributed by atoms with Gasteiger partial charge in [-0.2, -0.15) is 0 Å². The van der Waals surface area contributed by atoms with Crippen LogP contribution in [0.25, 0.3) is 43.8 Å². The Bertz CT molecular complexity index is 1270. The monoisotopic (exact) mass is 306 g/mol. The topological polar surface area (TPSA) is 13.1 Å². The van der Waals surface area contributed by atoms with Gasteiger partial charge >= 0.3 is 0 Å². The highest BCUT2D eigenvalue weighted by Crippen LogP contribution is 2.45. The summed E-state index contributed by atoms with van der Waals surface area (Å²) in [4.78, 5) is 0. The van der Waals surface area contributed by atoms with Gasteiger partial charge in [-0.25, -0.2) is 0 Å². The van der Waals surface area contributed by atoms with Crippen LogP contribution in [0.2, 0.25) is 0 Å². The normalized spacial score (nSPS) is 12.8. The predicted octanol–water partition coefficient (Wildman–Crippen LogP) is 6.31. The maximum Gasteiger partial charge on any atom is 0.143 e. The van der Waals surface area contributed by atoms with Crippen LogP contribution < -0.4 is 0 Å². The summed E-state index contributed by atoms with van der Waals surface area (Å²) in [6.45, 7) is 0. The van der Waals surface area contributed by atoms with Crippen LogP contribution in [0.5, 0.6) is 0 Å². The number of hydrogen-bond acceptors (Lipinski definition) is 1. The van der Waals surface area contributed by atoms with Gasteiger partial charge in [0.05, 0.1) is 0 Å². The van der Waals surface area contributed by atoms with Crippen molar-refractivity contribution >= 4 is 32.7 Å². The molecule has 0 saturated heterocycles. The molecule has 112 valence electrons. The van der Waals surface area contributed by atoms with Crippen LogP contribution in [0.1, 0.15) is 11.1 Å². The Kier molecular flexibility index (Phi) is 2.20. The van der Waals surface area contributed by atoms with Crippen LogP contribution in [0.15, 0.2) is 77.2 Å². The smallest absolute Gasteiger partial charge is 0.143 e. The van der Waals surface area contributed by atoms with Crippen LogP contribution >= 0.6 is 0 Å². The standard InChI is InChI=1S/C23H14O/c1-2-6-15-13-20-17(11-14(15)5-1)12-16-9-10-19-18-7-3-4-8-21(18)24-23(19)22(16)20/h1-11,13H,12H2. The summed E-state index contributed by atoms with van der Waals surface area (Å²) in [6, 6.07) is 26.0. The highest BCUT2D eigenvalue weighted by atomic mass is 16.3. The molecule has 0 aliphatic heterocycles. The summed E-state index contributed by atoms with van der Waals surface area (Å²) in [5.41, 5.74) is 7.37. The van der Waals surface area contributed by atoms with Crippen LogP contribution in [0.4, 0.5) is 0 Å². The molecule has 0 atom stereocenters. The first-order chi connectivity index (χ1) is 11.9. The van der Waals surface area contributed by atoms with E-state index in [0.29, 0.717) is 0 Å². The molecule has 1 nitrogen and oxygen atoms in total. The molecule has 6 rings (SSSR count). The number of furan rings is 1.